The highest BCUT2D eigenvalue weighted by atomic mass is 79.9. The van der Waals surface area contributed by atoms with Gasteiger partial charge in [-0.3, -0.25) is 0 Å². The first-order valence-corrected chi connectivity index (χ1v) is 8.41. The van der Waals surface area contributed by atoms with Crippen molar-refractivity contribution >= 4 is 26.0 Å². The van der Waals surface area contributed by atoms with Gasteiger partial charge in [0.25, 0.3) is 0 Å². The third-order valence-corrected chi connectivity index (χ3v) is 4.64. The Bertz CT molecular complexity index is 486. The third-order valence-electron chi connectivity index (χ3n) is 2.52. The van der Waals surface area contributed by atoms with Crippen molar-refractivity contribution in [1.29, 1.82) is 0 Å². The van der Waals surface area contributed by atoms with E-state index in [2.05, 4.69) is 34.5 Å². The van der Waals surface area contributed by atoms with Gasteiger partial charge in [-0.1, -0.05) is 41.9 Å². The molecule has 0 bridgehead atoms. The van der Waals surface area contributed by atoms with E-state index in [9.17, 15) is 8.42 Å². The Kier molecular flexibility index (Phi) is 5.82. The highest BCUT2D eigenvalue weighted by molar-refractivity contribution is 9.09. The molecule has 102 valence electrons. The summed E-state index contributed by atoms with van der Waals surface area (Å²) in [6, 6.07) is 6.92. The number of halogens is 1. The molecule has 0 aliphatic heterocycles. The fourth-order valence-corrected chi connectivity index (χ4v) is 3.97. The van der Waals surface area contributed by atoms with Crippen LogP contribution in [-0.4, -0.2) is 19.8 Å². The largest absolute Gasteiger partial charge is 0.240 e. The van der Waals surface area contributed by atoms with E-state index >= 15 is 0 Å². The lowest BCUT2D eigenvalue weighted by Crippen LogP contribution is -2.30. The number of rotatable bonds is 6. The van der Waals surface area contributed by atoms with Crippen molar-refractivity contribution < 1.29 is 8.42 Å². The van der Waals surface area contributed by atoms with Gasteiger partial charge in [0, 0.05) is 11.4 Å². The summed E-state index contributed by atoms with van der Waals surface area (Å²) < 4.78 is 26.7. The number of hydrogen-bond acceptors (Lipinski definition) is 2. The first-order valence-electron chi connectivity index (χ1n) is 6.01. The van der Waals surface area contributed by atoms with Crippen LogP contribution in [0.5, 0.6) is 0 Å². The minimum absolute atomic E-state index is 0.164. The van der Waals surface area contributed by atoms with Crippen LogP contribution in [0.2, 0.25) is 0 Å². The lowest BCUT2D eigenvalue weighted by atomic mass is 10.1. The van der Waals surface area contributed by atoms with Crippen LogP contribution in [0.4, 0.5) is 0 Å². The molecule has 3 nitrogen and oxygen atoms in total. The first kappa shape index (κ1) is 15.7. The van der Waals surface area contributed by atoms with Crippen molar-refractivity contribution in [3.05, 3.63) is 29.8 Å². The van der Waals surface area contributed by atoms with Crippen LogP contribution in [0, 0.1) is 12.8 Å². The van der Waals surface area contributed by atoms with Crippen molar-refractivity contribution in [2.45, 2.75) is 36.9 Å². The Morgan fingerprint density at radius 1 is 1.33 bits per heavy atom. The lowest BCUT2D eigenvalue weighted by molar-refractivity contribution is 0.551. The molecule has 0 saturated carbocycles. The van der Waals surface area contributed by atoms with Crippen molar-refractivity contribution in [2.24, 2.45) is 5.92 Å². The van der Waals surface area contributed by atoms with Gasteiger partial charge in [0.1, 0.15) is 0 Å². The maximum absolute atomic E-state index is 12.0. The summed E-state index contributed by atoms with van der Waals surface area (Å²) in [5.41, 5.74) is 0.940. The van der Waals surface area contributed by atoms with Crippen molar-refractivity contribution in [3.8, 4) is 0 Å². The molecule has 1 N–H and O–H groups in total. The predicted octanol–water partition coefficient (Wildman–Crippen LogP) is 3.08. The first-order chi connectivity index (χ1) is 8.31. The topological polar surface area (TPSA) is 46.2 Å². The zero-order valence-corrected chi connectivity index (χ0v) is 13.4. The Morgan fingerprint density at radius 3 is 2.56 bits per heavy atom. The predicted molar refractivity (Wildman–Crippen MR) is 78.5 cm³/mol. The van der Waals surface area contributed by atoms with Gasteiger partial charge in [-0.25, -0.2) is 13.1 Å². The Labute approximate surface area is 118 Å². The Hall–Kier alpha value is -0.390. The molecule has 0 aromatic heterocycles. The number of hydrogen-bond donors (Lipinski definition) is 1. The highest BCUT2D eigenvalue weighted by Gasteiger charge is 2.16. The van der Waals surface area contributed by atoms with Gasteiger partial charge in [0.15, 0.2) is 0 Å². The summed E-state index contributed by atoms with van der Waals surface area (Å²) in [4.78, 5) is 0.490. The van der Waals surface area contributed by atoms with Crippen molar-refractivity contribution in [3.63, 3.8) is 0 Å². The highest BCUT2D eigenvalue weighted by Crippen LogP contribution is 2.14. The molecule has 0 fully saturated rings. The van der Waals surface area contributed by atoms with Crippen LogP contribution in [0.25, 0.3) is 0 Å². The van der Waals surface area contributed by atoms with Gasteiger partial charge >= 0.3 is 0 Å². The molecular formula is C13H20BrNO2S. The van der Waals surface area contributed by atoms with Crippen LogP contribution >= 0.6 is 15.9 Å². The number of sulfonamides is 1. The van der Waals surface area contributed by atoms with Crippen molar-refractivity contribution in [1.82, 2.24) is 4.72 Å². The molecule has 1 aromatic rings. The Morgan fingerprint density at radius 2 is 2.00 bits per heavy atom. The van der Waals surface area contributed by atoms with Crippen LogP contribution in [0.3, 0.4) is 0 Å². The lowest BCUT2D eigenvalue weighted by Gasteiger charge is -2.13. The summed E-state index contributed by atoms with van der Waals surface area (Å²) >= 11 is 3.49. The third kappa shape index (κ3) is 5.08. The molecular weight excluding hydrogens is 314 g/mol. The molecule has 0 aliphatic rings. The summed E-state index contributed by atoms with van der Waals surface area (Å²) in [7, 11) is -3.39. The molecule has 18 heavy (non-hydrogen) atoms. The second-order valence-electron chi connectivity index (χ2n) is 4.90. The molecule has 0 saturated heterocycles. The van der Waals surface area contributed by atoms with Gasteiger partial charge < -0.3 is 0 Å². The van der Waals surface area contributed by atoms with E-state index in [0.717, 1.165) is 12.0 Å². The van der Waals surface area contributed by atoms with E-state index < -0.39 is 10.0 Å². The normalized spacial score (nSPS) is 13.8. The van der Waals surface area contributed by atoms with Crippen LogP contribution in [0.1, 0.15) is 25.8 Å². The van der Waals surface area contributed by atoms with Gasteiger partial charge in [0.2, 0.25) is 10.0 Å². The van der Waals surface area contributed by atoms with Crippen LogP contribution in [-0.2, 0) is 10.0 Å². The van der Waals surface area contributed by atoms with E-state index in [-0.39, 0.29) is 4.83 Å². The van der Waals surface area contributed by atoms with E-state index in [1.807, 2.05) is 13.0 Å². The average molecular weight is 334 g/mol. The summed E-state index contributed by atoms with van der Waals surface area (Å²) in [6.45, 7) is 6.52. The molecule has 0 spiro atoms. The number of benzene rings is 1. The summed E-state index contributed by atoms with van der Waals surface area (Å²) in [5, 5.41) is 0. The van der Waals surface area contributed by atoms with Crippen LogP contribution in [0.15, 0.2) is 29.2 Å². The van der Waals surface area contributed by atoms with E-state index in [1.165, 1.54) is 0 Å². The fraction of sp³-hybridized carbons (Fsp3) is 0.538. The second-order valence-corrected chi connectivity index (χ2v) is 7.96. The minimum atomic E-state index is -3.39. The van der Waals surface area contributed by atoms with E-state index in [1.54, 1.807) is 18.2 Å². The number of aryl methyl sites for hydroxylation is 1. The quantitative estimate of drug-likeness (QED) is 0.813. The average Bonchev–Trinajstić information content (AvgIpc) is 2.26. The monoisotopic (exact) mass is 333 g/mol. The smallest absolute Gasteiger partial charge is 0.210 e. The van der Waals surface area contributed by atoms with Gasteiger partial charge in [-0.2, -0.15) is 0 Å². The molecule has 0 radical (unpaired) electrons. The van der Waals surface area contributed by atoms with Crippen molar-refractivity contribution in [2.75, 3.05) is 6.54 Å². The van der Waals surface area contributed by atoms with Gasteiger partial charge in [-0.05, 0) is 37.0 Å². The second kappa shape index (κ2) is 6.68. The number of nitrogens with one attached hydrogen (secondary N) is 1. The molecule has 1 aromatic carbocycles. The summed E-state index contributed by atoms with van der Waals surface area (Å²) in [6.07, 6.45) is 0.941. The molecule has 0 aliphatic carbocycles. The minimum Gasteiger partial charge on any atom is -0.210 e. The SMILES string of the molecule is Cc1cccc(S(=O)(=O)NCC(Br)CC(C)C)c1. The number of alkyl halides is 1. The van der Waals surface area contributed by atoms with E-state index in [0.29, 0.717) is 17.4 Å². The maximum atomic E-state index is 12.0. The maximum Gasteiger partial charge on any atom is 0.240 e. The van der Waals surface area contributed by atoms with Gasteiger partial charge in [0.05, 0.1) is 4.90 Å². The Balaban J connectivity index is 2.66. The molecule has 1 unspecified atom stereocenters. The van der Waals surface area contributed by atoms with Gasteiger partial charge in [-0.15, -0.1) is 0 Å². The molecule has 1 rings (SSSR count). The van der Waals surface area contributed by atoms with E-state index in [4.69, 9.17) is 0 Å². The molecule has 1 atom stereocenters. The molecule has 0 heterocycles. The zero-order chi connectivity index (χ0) is 13.8. The molecule has 0 amide bonds. The standard InChI is InChI=1S/C13H20BrNO2S/c1-10(2)7-12(14)9-15-18(16,17)13-6-4-5-11(3)8-13/h4-6,8,10,12,15H,7,9H2,1-3H3. The van der Waals surface area contributed by atoms with Crippen LogP contribution < -0.4 is 4.72 Å². The molecule has 5 heteroatoms. The summed E-state index contributed by atoms with van der Waals surface area (Å²) in [5.74, 6) is 0.540. The fourth-order valence-electron chi connectivity index (χ4n) is 1.66. The zero-order valence-electron chi connectivity index (χ0n) is 11.0.